The number of halogens is 1. The molecule has 2 aromatic rings. The van der Waals surface area contributed by atoms with E-state index < -0.39 is 17.2 Å². The van der Waals surface area contributed by atoms with Crippen molar-refractivity contribution in [1.29, 1.82) is 0 Å². The molecule has 0 unspecified atom stereocenters. The number of ether oxygens (including phenoxy) is 1. The Balaban J connectivity index is 2.84. The summed E-state index contributed by atoms with van der Waals surface area (Å²) in [5, 5.41) is 9.26. The Hall–Kier alpha value is -2.37. The second-order valence-corrected chi connectivity index (χ2v) is 5.49. The number of methoxy groups -OCH3 is 1. The number of hydrogen-bond donors (Lipinski definition) is 1. The number of rotatable bonds is 6. The van der Waals surface area contributed by atoms with Crippen LogP contribution < -0.4 is 10.2 Å². The lowest BCUT2D eigenvalue weighted by Gasteiger charge is -2.17. The van der Waals surface area contributed by atoms with Gasteiger partial charge in [-0.05, 0) is 19.4 Å². The quantitative estimate of drug-likeness (QED) is 0.829. The van der Waals surface area contributed by atoms with Gasteiger partial charge in [0.1, 0.15) is 17.1 Å². The highest BCUT2D eigenvalue weighted by Gasteiger charge is 2.20. The predicted octanol–water partition coefficient (Wildman–Crippen LogP) is 3.35. The van der Waals surface area contributed by atoms with Gasteiger partial charge in [0.2, 0.25) is 5.43 Å². The largest absolute Gasteiger partial charge is 0.494 e. The number of benzene rings is 1. The van der Waals surface area contributed by atoms with Crippen LogP contribution in [0.5, 0.6) is 5.75 Å². The number of carbonyl (C=O) groups is 1. The topological polar surface area (TPSA) is 68.5 Å². The van der Waals surface area contributed by atoms with E-state index in [-0.39, 0.29) is 16.7 Å². The van der Waals surface area contributed by atoms with Gasteiger partial charge >= 0.3 is 5.97 Å². The molecule has 1 aromatic carbocycles. The van der Waals surface area contributed by atoms with Crippen molar-refractivity contribution in [1.82, 2.24) is 4.57 Å². The van der Waals surface area contributed by atoms with E-state index in [0.717, 1.165) is 25.3 Å². The number of pyridine rings is 1. The van der Waals surface area contributed by atoms with Crippen LogP contribution in [-0.2, 0) is 6.54 Å². The summed E-state index contributed by atoms with van der Waals surface area (Å²) in [4.78, 5) is 23.7. The van der Waals surface area contributed by atoms with E-state index in [1.807, 2.05) is 0 Å². The smallest absolute Gasteiger partial charge is 0.341 e. The second kappa shape index (κ2) is 6.81. The molecular weight excluding hydrogens is 301 g/mol. The molecule has 1 N–H and O–H groups in total. The summed E-state index contributed by atoms with van der Waals surface area (Å²) in [6, 6.07) is 1.10. The van der Waals surface area contributed by atoms with Gasteiger partial charge in [-0.2, -0.15) is 0 Å². The average Bonchev–Trinajstić information content (AvgIpc) is 2.51. The highest BCUT2D eigenvalue weighted by Crippen LogP contribution is 2.30. The summed E-state index contributed by atoms with van der Waals surface area (Å²) in [6.45, 7) is 4.16. The maximum atomic E-state index is 14.1. The molecule has 0 atom stereocenters. The first kappa shape index (κ1) is 17.0. The summed E-state index contributed by atoms with van der Waals surface area (Å²) in [6.07, 6.45) is 4.13. The Morgan fingerprint density at radius 3 is 2.65 bits per heavy atom. The lowest BCUT2D eigenvalue weighted by atomic mass is 10.1. The van der Waals surface area contributed by atoms with Gasteiger partial charge < -0.3 is 14.4 Å². The minimum atomic E-state index is -1.32. The molecule has 5 nitrogen and oxygen atoms in total. The second-order valence-electron chi connectivity index (χ2n) is 5.49. The van der Waals surface area contributed by atoms with E-state index in [0.29, 0.717) is 17.6 Å². The number of fused-ring (bicyclic) bond motifs is 1. The fourth-order valence-corrected chi connectivity index (χ4v) is 2.70. The van der Waals surface area contributed by atoms with Crippen molar-refractivity contribution in [2.24, 2.45) is 0 Å². The van der Waals surface area contributed by atoms with E-state index in [9.17, 15) is 19.1 Å². The standard InChI is InChI=1S/C17H20FNO4/c1-4-5-6-7-19-9-12(17(21)22)15(20)11-8-13(18)10(2)16(23-3)14(11)19/h8-9H,4-7H2,1-3H3,(H,21,22). The van der Waals surface area contributed by atoms with Crippen molar-refractivity contribution in [2.45, 2.75) is 39.7 Å². The van der Waals surface area contributed by atoms with Crippen molar-refractivity contribution in [3.05, 3.63) is 39.4 Å². The van der Waals surface area contributed by atoms with Crippen LogP contribution in [0.4, 0.5) is 4.39 Å². The molecule has 0 radical (unpaired) electrons. The summed E-state index contributed by atoms with van der Waals surface area (Å²) >= 11 is 0. The van der Waals surface area contributed by atoms with Gasteiger partial charge in [0.15, 0.2) is 0 Å². The first-order valence-corrected chi connectivity index (χ1v) is 7.55. The first-order chi connectivity index (χ1) is 10.9. The van der Waals surface area contributed by atoms with Crippen LogP contribution in [0, 0.1) is 12.7 Å². The van der Waals surface area contributed by atoms with Crippen LogP contribution in [0.3, 0.4) is 0 Å². The van der Waals surface area contributed by atoms with Crippen LogP contribution in [0.25, 0.3) is 10.9 Å². The molecule has 0 aliphatic rings. The first-order valence-electron chi connectivity index (χ1n) is 7.55. The molecule has 1 heterocycles. The zero-order valence-corrected chi connectivity index (χ0v) is 13.5. The van der Waals surface area contributed by atoms with Gasteiger partial charge in [-0.15, -0.1) is 0 Å². The number of aromatic nitrogens is 1. The van der Waals surface area contributed by atoms with Crippen LogP contribution in [0.1, 0.15) is 42.1 Å². The molecule has 6 heteroatoms. The van der Waals surface area contributed by atoms with E-state index in [2.05, 4.69) is 6.92 Å². The number of nitrogens with zero attached hydrogens (tertiary/aromatic N) is 1. The van der Waals surface area contributed by atoms with Crippen LogP contribution in [0.15, 0.2) is 17.1 Å². The van der Waals surface area contributed by atoms with Crippen LogP contribution in [0.2, 0.25) is 0 Å². The van der Waals surface area contributed by atoms with Gasteiger partial charge in [0.25, 0.3) is 0 Å². The van der Waals surface area contributed by atoms with Gasteiger partial charge in [-0.1, -0.05) is 19.8 Å². The highest BCUT2D eigenvalue weighted by molar-refractivity contribution is 5.94. The average molecular weight is 321 g/mol. The maximum Gasteiger partial charge on any atom is 0.341 e. The van der Waals surface area contributed by atoms with Crippen molar-refractivity contribution in [2.75, 3.05) is 7.11 Å². The molecule has 124 valence electrons. The molecule has 0 aliphatic carbocycles. The summed E-state index contributed by atoms with van der Waals surface area (Å²) in [7, 11) is 1.41. The Labute approximate surface area is 133 Å². The Morgan fingerprint density at radius 1 is 1.39 bits per heavy atom. The molecule has 0 aliphatic heterocycles. The minimum Gasteiger partial charge on any atom is -0.494 e. The Kier molecular flexibility index (Phi) is 5.03. The molecule has 0 spiro atoms. The number of hydrogen-bond acceptors (Lipinski definition) is 3. The third kappa shape index (κ3) is 3.06. The highest BCUT2D eigenvalue weighted by atomic mass is 19.1. The molecule has 0 fully saturated rings. The monoisotopic (exact) mass is 321 g/mol. The Bertz CT molecular complexity index is 811. The number of aryl methyl sites for hydroxylation is 1. The maximum absolute atomic E-state index is 14.1. The molecule has 1 aromatic heterocycles. The number of aromatic carboxylic acids is 1. The van der Waals surface area contributed by atoms with Crippen molar-refractivity contribution < 1.29 is 19.0 Å². The molecule has 2 rings (SSSR count). The SMILES string of the molecule is CCCCCn1cc(C(=O)O)c(=O)c2cc(F)c(C)c(OC)c21. The van der Waals surface area contributed by atoms with Crippen molar-refractivity contribution in [3.63, 3.8) is 0 Å². The number of carboxylic acid groups (broad SMARTS) is 1. The molecule has 0 saturated carbocycles. The normalized spacial score (nSPS) is 11.0. The van der Waals surface area contributed by atoms with E-state index in [4.69, 9.17) is 4.74 Å². The lowest BCUT2D eigenvalue weighted by Crippen LogP contribution is -2.20. The summed E-state index contributed by atoms with van der Waals surface area (Å²) in [5.41, 5.74) is -0.319. The summed E-state index contributed by atoms with van der Waals surface area (Å²) < 4.78 is 21.0. The zero-order chi connectivity index (χ0) is 17.1. The van der Waals surface area contributed by atoms with Crippen molar-refractivity contribution >= 4 is 16.9 Å². The Morgan fingerprint density at radius 2 is 2.09 bits per heavy atom. The minimum absolute atomic E-state index is 0.0290. The molecule has 0 bridgehead atoms. The van der Waals surface area contributed by atoms with Gasteiger partial charge in [0.05, 0.1) is 18.0 Å². The van der Waals surface area contributed by atoms with Gasteiger partial charge in [0, 0.05) is 18.3 Å². The molecule has 0 amide bonds. The van der Waals surface area contributed by atoms with Gasteiger partial charge in [-0.3, -0.25) is 4.79 Å². The van der Waals surface area contributed by atoms with Gasteiger partial charge in [-0.25, -0.2) is 9.18 Å². The lowest BCUT2D eigenvalue weighted by molar-refractivity contribution is 0.0694. The fraction of sp³-hybridized carbons (Fsp3) is 0.412. The molecule has 23 heavy (non-hydrogen) atoms. The van der Waals surface area contributed by atoms with Crippen LogP contribution >= 0.6 is 0 Å². The van der Waals surface area contributed by atoms with Crippen LogP contribution in [-0.4, -0.2) is 22.8 Å². The third-order valence-electron chi connectivity index (χ3n) is 3.94. The molecule has 0 saturated heterocycles. The van der Waals surface area contributed by atoms with Crippen molar-refractivity contribution in [3.8, 4) is 5.75 Å². The number of carboxylic acids is 1. The zero-order valence-electron chi connectivity index (χ0n) is 13.5. The molecular formula is C17H20FNO4. The fourth-order valence-electron chi connectivity index (χ4n) is 2.70. The van der Waals surface area contributed by atoms with E-state index in [1.165, 1.54) is 13.3 Å². The third-order valence-corrected chi connectivity index (χ3v) is 3.94. The van der Waals surface area contributed by atoms with E-state index in [1.54, 1.807) is 11.5 Å². The van der Waals surface area contributed by atoms with E-state index >= 15 is 0 Å². The number of unbranched alkanes of at least 4 members (excludes halogenated alkanes) is 2. The predicted molar refractivity (Wildman–Crippen MR) is 85.9 cm³/mol. The summed E-state index contributed by atoms with van der Waals surface area (Å²) in [5.74, 6) is -1.64.